The highest BCUT2D eigenvalue weighted by molar-refractivity contribution is 6.33. The predicted molar refractivity (Wildman–Crippen MR) is 83.4 cm³/mol. The number of rotatable bonds is 5. The van der Waals surface area contributed by atoms with E-state index in [4.69, 9.17) is 11.6 Å². The topological polar surface area (TPSA) is 42.0 Å². The number of hydrogen-bond acceptors (Lipinski definition) is 2. The third kappa shape index (κ3) is 3.61. The summed E-state index contributed by atoms with van der Waals surface area (Å²) >= 11 is 6.03. The first kappa shape index (κ1) is 14.1. The van der Waals surface area contributed by atoms with Crippen LogP contribution in [0, 0.1) is 5.92 Å². The second-order valence-electron chi connectivity index (χ2n) is 5.46. The molecule has 4 heteroatoms. The van der Waals surface area contributed by atoms with Crippen LogP contribution >= 0.6 is 11.6 Å². The molecule has 1 amide bonds. The van der Waals surface area contributed by atoms with E-state index in [-0.39, 0.29) is 11.9 Å². The average Bonchev–Trinajstić information content (AvgIpc) is 3.32. The zero-order chi connectivity index (χ0) is 14.7. The molecule has 1 aromatic heterocycles. The van der Waals surface area contributed by atoms with E-state index < -0.39 is 0 Å². The van der Waals surface area contributed by atoms with E-state index in [9.17, 15) is 4.79 Å². The lowest BCUT2D eigenvalue weighted by atomic mass is 10.0. The lowest BCUT2D eigenvalue weighted by Crippen LogP contribution is -2.38. The second kappa shape index (κ2) is 6.27. The Morgan fingerprint density at radius 3 is 2.71 bits per heavy atom. The molecule has 1 atom stereocenters. The van der Waals surface area contributed by atoms with Crippen molar-refractivity contribution < 1.29 is 4.79 Å². The van der Waals surface area contributed by atoms with Crippen molar-refractivity contribution in [2.75, 3.05) is 0 Å². The SMILES string of the molecule is O=C(NC(Cc1ccccc1)C1CC1)c1ccncc1Cl. The highest BCUT2D eigenvalue weighted by Crippen LogP contribution is 2.34. The predicted octanol–water partition coefficient (Wildman–Crippen LogP) is 3.49. The van der Waals surface area contributed by atoms with Gasteiger partial charge in [-0.25, -0.2) is 0 Å². The molecular formula is C17H17ClN2O. The van der Waals surface area contributed by atoms with Crippen LogP contribution < -0.4 is 5.32 Å². The lowest BCUT2D eigenvalue weighted by Gasteiger charge is -2.19. The Kier molecular flexibility index (Phi) is 4.20. The maximum absolute atomic E-state index is 12.4. The van der Waals surface area contributed by atoms with Crippen molar-refractivity contribution in [2.45, 2.75) is 25.3 Å². The Morgan fingerprint density at radius 2 is 2.05 bits per heavy atom. The van der Waals surface area contributed by atoms with Gasteiger partial charge in [0.25, 0.3) is 5.91 Å². The van der Waals surface area contributed by atoms with Gasteiger partial charge < -0.3 is 5.32 Å². The quantitative estimate of drug-likeness (QED) is 0.918. The van der Waals surface area contributed by atoms with Crippen LogP contribution in [0.5, 0.6) is 0 Å². The van der Waals surface area contributed by atoms with Gasteiger partial charge in [0.2, 0.25) is 0 Å². The number of nitrogens with zero attached hydrogens (tertiary/aromatic N) is 1. The van der Waals surface area contributed by atoms with E-state index >= 15 is 0 Å². The fraction of sp³-hybridized carbons (Fsp3) is 0.294. The molecule has 21 heavy (non-hydrogen) atoms. The van der Waals surface area contributed by atoms with Gasteiger partial charge in [-0.15, -0.1) is 0 Å². The van der Waals surface area contributed by atoms with Crippen LogP contribution in [0.15, 0.2) is 48.8 Å². The molecule has 108 valence electrons. The first-order chi connectivity index (χ1) is 10.2. The number of aromatic nitrogens is 1. The summed E-state index contributed by atoms with van der Waals surface area (Å²) in [5.74, 6) is 0.463. The Bertz CT molecular complexity index is 626. The van der Waals surface area contributed by atoms with E-state index in [1.54, 1.807) is 12.3 Å². The van der Waals surface area contributed by atoms with Crippen LogP contribution in [0.4, 0.5) is 0 Å². The summed E-state index contributed by atoms with van der Waals surface area (Å²) < 4.78 is 0. The summed E-state index contributed by atoms with van der Waals surface area (Å²) in [6, 6.07) is 12.1. The number of nitrogens with one attached hydrogen (secondary N) is 1. The van der Waals surface area contributed by atoms with Crippen molar-refractivity contribution in [1.82, 2.24) is 10.3 Å². The van der Waals surface area contributed by atoms with Crippen LogP contribution in [-0.2, 0) is 6.42 Å². The van der Waals surface area contributed by atoms with Gasteiger partial charge in [-0.05, 0) is 36.8 Å². The Balaban J connectivity index is 1.71. The Hall–Kier alpha value is -1.87. The Morgan fingerprint density at radius 1 is 1.29 bits per heavy atom. The molecule has 1 unspecified atom stereocenters. The maximum Gasteiger partial charge on any atom is 0.253 e. The summed E-state index contributed by atoms with van der Waals surface area (Å²) in [5.41, 5.74) is 1.74. The Labute approximate surface area is 129 Å². The fourth-order valence-corrected chi connectivity index (χ4v) is 2.71. The highest BCUT2D eigenvalue weighted by Gasteiger charge is 2.32. The van der Waals surface area contributed by atoms with Gasteiger partial charge in [0.05, 0.1) is 10.6 Å². The number of carbonyl (C=O) groups is 1. The molecule has 0 saturated heterocycles. The third-order valence-electron chi connectivity index (χ3n) is 3.82. The molecule has 3 nitrogen and oxygen atoms in total. The fourth-order valence-electron chi connectivity index (χ4n) is 2.51. The molecule has 1 heterocycles. The largest absolute Gasteiger partial charge is 0.349 e. The van der Waals surface area contributed by atoms with Gasteiger partial charge in [-0.1, -0.05) is 41.9 Å². The summed E-state index contributed by atoms with van der Waals surface area (Å²) in [6.45, 7) is 0. The molecule has 1 aliphatic carbocycles. The highest BCUT2D eigenvalue weighted by atomic mass is 35.5. The van der Waals surface area contributed by atoms with Crippen LogP contribution in [-0.4, -0.2) is 16.9 Å². The van der Waals surface area contributed by atoms with Crippen molar-refractivity contribution in [3.8, 4) is 0 Å². The molecule has 0 bridgehead atoms. The molecule has 0 aliphatic heterocycles. The summed E-state index contributed by atoms with van der Waals surface area (Å²) in [7, 11) is 0. The number of carbonyl (C=O) groups excluding carboxylic acids is 1. The second-order valence-corrected chi connectivity index (χ2v) is 5.87. The van der Waals surface area contributed by atoms with E-state index in [1.165, 1.54) is 24.6 Å². The van der Waals surface area contributed by atoms with Crippen LogP contribution in [0.3, 0.4) is 0 Å². The normalized spacial score (nSPS) is 15.5. The summed E-state index contributed by atoms with van der Waals surface area (Å²) in [6.07, 6.45) is 6.31. The smallest absolute Gasteiger partial charge is 0.253 e. The van der Waals surface area contributed by atoms with Crippen LogP contribution in [0.25, 0.3) is 0 Å². The van der Waals surface area contributed by atoms with E-state index in [0.29, 0.717) is 16.5 Å². The first-order valence-electron chi connectivity index (χ1n) is 7.18. The minimum absolute atomic E-state index is 0.116. The third-order valence-corrected chi connectivity index (χ3v) is 4.12. The molecule has 3 rings (SSSR count). The van der Waals surface area contributed by atoms with E-state index in [2.05, 4.69) is 22.4 Å². The zero-order valence-corrected chi connectivity index (χ0v) is 12.4. The van der Waals surface area contributed by atoms with E-state index in [1.807, 2.05) is 18.2 Å². The summed E-state index contributed by atoms with van der Waals surface area (Å²) in [5, 5.41) is 3.53. The number of hydrogen-bond donors (Lipinski definition) is 1. The molecule has 1 aliphatic rings. The van der Waals surface area contributed by atoms with Gasteiger partial charge in [-0.3, -0.25) is 9.78 Å². The molecule has 1 fully saturated rings. The van der Waals surface area contributed by atoms with Crippen molar-refractivity contribution in [3.05, 3.63) is 64.9 Å². The molecule has 2 aromatic rings. The lowest BCUT2D eigenvalue weighted by molar-refractivity contribution is 0.0932. The molecule has 1 saturated carbocycles. The average molecular weight is 301 g/mol. The molecule has 1 aromatic carbocycles. The number of pyridine rings is 1. The van der Waals surface area contributed by atoms with Gasteiger partial charge >= 0.3 is 0 Å². The van der Waals surface area contributed by atoms with Gasteiger partial charge in [0.15, 0.2) is 0 Å². The number of benzene rings is 1. The van der Waals surface area contributed by atoms with E-state index in [0.717, 1.165) is 6.42 Å². The van der Waals surface area contributed by atoms with Crippen molar-refractivity contribution in [2.24, 2.45) is 5.92 Å². The van der Waals surface area contributed by atoms with Gasteiger partial charge in [-0.2, -0.15) is 0 Å². The minimum Gasteiger partial charge on any atom is -0.349 e. The zero-order valence-electron chi connectivity index (χ0n) is 11.6. The van der Waals surface area contributed by atoms with Crippen molar-refractivity contribution in [1.29, 1.82) is 0 Å². The van der Waals surface area contributed by atoms with Gasteiger partial charge in [0.1, 0.15) is 0 Å². The maximum atomic E-state index is 12.4. The van der Waals surface area contributed by atoms with Crippen molar-refractivity contribution >= 4 is 17.5 Å². The summed E-state index contributed by atoms with van der Waals surface area (Å²) in [4.78, 5) is 16.3. The van der Waals surface area contributed by atoms with Crippen molar-refractivity contribution in [3.63, 3.8) is 0 Å². The number of halogens is 1. The standard InChI is InChI=1S/C17H17ClN2O/c18-15-11-19-9-8-14(15)17(21)20-16(13-6-7-13)10-12-4-2-1-3-5-12/h1-5,8-9,11,13,16H,6-7,10H2,(H,20,21). The van der Waals surface area contributed by atoms with Gasteiger partial charge in [0, 0.05) is 18.4 Å². The number of amides is 1. The minimum atomic E-state index is -0.116. The van der Waals surface area contributed by atoms with Crippen LogP contribution in [0.2, 0.25) is 5.02 Å². The van der Waals surface area contributed by atoms with Crippen LogP contribution in [0.1, 0.15) is 28.8 Å². The monoisotopic (exact) mass is 300 g/mol. The molecule has 0 spiro atoms. The molecule has 1 N–H and O–H groups in total. The molecular weight excluding hydrogens is 284 g/mol. The molecule has 0 radical (unpaired) electrons. The first-order valence-corrected chi connectivity index (χ1v) is 7.56.